The van der Waals surface area contributed by atoms with E-state index in [9.17, 15) is 4.79 Å². The van der Waals surface area contributed by atoms with Crippen LogP contribution in [0.1, 0.15) is 5.56 Å². The van der Waals surface area contributed by atoms with Gasteiger partial charge in [0.25, 0.3) is 0 Å². The maximum Gasteiger partial charge on any atom is 0.323 e. The molecule has 0 radical (unpaired) electrons. The predicted molar refractivity (Wildman–Crippen MR) is 62.0 cm³/mol. The number of aliphatic carboxylic acids is 1. The molecule has 0 saturated heterocycles. The van der Waals surface area contributed by atoms with Crippen LogP contribution in [0.25, 0.3) is 10.9 Å². The van der Waals surface area contributed by atoms with Crippen molar-refractivity contribution in [1.82, 2.24) is 4.57 Å². The molecule has 1 aromatic heterocycles. The Morgan fingerprint density at radius 1 is 1.47 bits per heavy atom. The summed E-state index contributed by atoms with van der Waals surface area (Å²) in [6, 6.07) is 7.93. The molecule has 15 heavy (non-hydrogen) atoms. The molecular formula is C11H10BrNO2. The Morgan fingerprint density at radius 3 is 2.87 bits per heavy atom. The number of rotatable bonds is 2. The van der Waals surface area contributed by atoms with Crippen molar-refractivity contribution in [3.05, 3.63) is 34.4 Å². The standard InChI is InChI=1S/C11H10BrNO2/c1-7-2-3-8-5-10(12)13(6-11(14)15)9(8)4-7/h2-5H,6H2,1H3,(H,14,15). The second kappa shape index (κ2) is 3.70. The lowest BCUT2D eigenvalue weighted by Gasteiger charge is -2.03. The van der Waals surface area contributed by atoms with E-state index < -0.39 is 5.97 Å². The fourth-order valence-corrected chi connectivity index (χ4v) is 2.19. The molecule has 3 nitrogen and oxygen atoms in total. The number of aromatic nitrogens is 1. The van der Waals surface area contributed by atoms with E-state index in [0.29, 0.717) is 0 Å². The SMILES string of the molecule is Cc1ccc2cc(Br)n(CC(=O)O)c2c1. The Bertz CT molecular complexity index is 531. The van der Waals surface area contributed by atoms with Gasteiger partial charge in [0.15, 0.2) is 0 Å². The molecule has 4 heteroatoms. The van der Waals surface area contributed by atoms with Gasteiger partial charge in [-0.1, -0.05) is 12.1 Å². The van der Waals surface area contributed by atoms with E-state index >= 15 is 0 Å². The van der Waals surface area contributed by atoms with Gasteiger partial charge in [-0.3, -0.25) is 4.79 Å². The highest BCUT2D eigenvalue weighted by Gasteiger charge is 2.09. The molecule has 78 valence electrons. The molecule has 0 aliphatic rings. The number of halogens is 1. The number of hydrogen-bond acceptors (Lipinski definition) is 1. The lowest BCUT2D eigenvalue weighted by atomic mass is 10.2. The van der Waals surface area contributed by atoms with Crippen molar-refractivity contribution in [3.63, 3.8) is 0 Å². The van der Waals surface area contributed by atoms with Gasteiger partial charge in [-0.2, -0.15) is 0 Å². The fraction of sp³-hybridized carbons (Fsp3) is 0.182. The predicted octanol–water partition coefficient (Wildman–Crippen LogP) is 2.80. The van der Waals surface area contributed by atoms with E-state index in [0.717, 1.165) is 21.1 Å². The monoisotopic (exact) mass is 267 g/mol. The highest BCUT2D eigenvalue weighted by atomic mass is 79.9. The average Bonchev–Trinajstić information content (AvgIpc) is 2.43. The Labute approximate surface area is 95.5 Å². The van der Waals surface area contributed by atoms with Gasteiger partial charge in [-0.05, 0) is 40.5 Å². The van der Waals surface area contributed by atoms with Crippen LogP contribution in [0, 0.1) is 6.92 Å². The summed E-state index contributed by atoms with van der Waals surface area (Å²) in [6.45, 7) is 1.97. The molecule has 1 aromatic carbocycles. The summed E-state index contributed by atoms with van der Waals surface area (Å²) in [6.07, 6.45) is 0. The molecule has 1 N–H and O–H groups in total. The molecular weight excluding hydrogens is 258 g/mol. The van der Waals surface area contributed by atoms with Gasteiger partial charge in [0, 0.05) is 10.9 Å². The van der Waals surface area contributed by atoms with Crippen LogP contribution < -0.4 is 0 Å². The maximum absolute atomic E-state index is 10.7. The van der Waals surface area contributed by atoms with Gasteiger partial charge in [0.05, 0.1) is 4.60 Å². The fourth-order valence-electron chi connectivity index (χ4n) is 1.63. The normalized spacial score (nSPS) is 10.8. The summed E-state index contributed by atoms with van der Waals surface area (Å²) >= 11 is 3.36. The molecule has 0 aliphatic carbocycles. The number of nitrogens with zero attached hydrogens (tertiary/aromatic N) is 1. The Kier molecular flexibility index (Phi) is 2.52. The third-order valence-electron chi connectivity index (χ3n) is 2.30. The first-order valence-electron chi connectivity index (χ1n) is 4.55. The lowest BCUT2D eigenvalue weighted by Crippen LogP contribution is -2.08. The zero-order chi connectivity index (χ0) is 11.0. The number of benzene rings is 1. The van der Waals surface area contributed by atoms with Crippen molar-refractivity contribution < 1.29 is 9.90 Å². The quantitative estimate of drug-likeness (QED) is 0.909. The number of carbonyl (C=O) groups is 1. The first kappa shape index (κ1) is 10.2. The van der Waals surface area contributed by atoms with E-state index in [1.165, 1.54) is 0 Å². The van der Waals surface area contributed by atoms with E-state index in [-0.39, 0.29) is 6.54 Å². The molecule has 0 fully saturated rings. The van der Waals surface area contributed by atoms with Crippen LogP contribution in [0.15, 0.2) is 28.9 Å². The average molecular weight is 268 g/mol. The smallest absolute Gasteiger partial charge is 0.323 e. The molecule has 0 bridgehead atoms. The summed E-state index contributed by atoms with van der Waals surface area (Å²) in [5, 5.41) is 9.85. The minimum absolute atomic E-state index is 0.0203. The van der Waals surface area contributed by atoms with Crippen LogP contribution in [0.5, 0.6) is 0 Å². The van der Waals surface area contributed by atoms with Crippen molar-refractivity contribution in [2.45, 2.75) is 13.5 Å². The summed E-state index contributed by atoms with van der Waals surface area (Å²) in [5.41, 5.74) is 2.07. The molecule has 2 rings (SSSR count). The summed E-state index contributed by atoms with van der Waals surface area (Å²) < 4.78 is 2.54. The second-order valence-corrected chi connectivity index (χ2v) is 4.32. The zero-order valence-electron chi connectivity index (χ0n) is 8.20. The number of carboxylic acids is 1. The van der Waals surface area contributed by atoms with Gasteiger partial charge in [-0.15, -0.1) is 0 Å². The number of hydrogen-bond donors (Lipinski definition) is 1. The minimum atomic E-state index is -0.838. The van der Waals surface area contributed by atoms with Crippen LogP contribution in [0.4, 0.5) is 0 Å². The van der Waals surface area contributed by atoms with Gasteiger partial charge < -0.3 is 9.67 Å². The molecule has 0 saturated carbocycles. The number of aryl methyl sites for hydroxylation is 1. The Morgan fingerprint density at radius 2 is 2.20 bits per heavy atom. The molecule has 0 amide bonds. The van der Waals surface area contributed by atoms with Crippen molar-refractivity contribution in [3.8, 4) is 0 Å². The first-order chi connectivity index (χ1) is 7.08. The highest BCUT2D eigenvalue weighted by Crippen LogP contribution is 2.24. The topological polar surface area (TPSA) is 42.2 Å². The third-order valence-corrected chi connectivity index (χ3v) is 2.96. The van der Waals surface area contributed by atoms with Crippen molar-refractivity contribution in [1.29, 1.82) is 0 Å². The minimum Gasteiger partial charge on any atom is -0.480 e. The summed E-state index contributed by atoms with van der Waals surface area (Å²) in [4.78, 5) is 10.7. The lowest BCUT2D eigenvalue weighted by molar-refractivity contribution is -0.137. The van der Waals surface area contributed by atoms with Crippen LogP contribution in [-0.4, -0.2) is 15.6 Å². The van der Waals surface area contributed by atoms with Crippen molar-refractivity contribution in [2.24, 2.45) is 0 Å². The van der Waals surface area contributed by atoms with Crippen LogP contribution >= 0.6 is 15.9 Å². The summed E-state index contributed by atoms with van der Waals surface area (Å²) in [7, 11) is 0. The van der Waals surface area contributed by atoms with Gasteiger partial charge in [0.1, 0.15) is 6.54 Å². The van der Waals surface area contributed by atoms with Crippen molar-refractivity contribution >= 4 is 32.8 Å². The van der Waals surface area contributed by atoms with E-state index in [1.54, 1.807) is 4.57 Å². The van der Waals surface area contributed by atoms with Gasteiger partial charge in [-0.25, -0.2) is 0 Å². The first-order valence-corrected chi connectivity index (χ1v) is 5.34. The molecule has 0 atom stereocenters. The number of fused-ring (bicyclic) bond motifs is 1. The maximum atomic E-state index is 10.7. The Hall–Kier alpha value is -1.29. The molecule has 0 spiro atoms. The zero-order valence-corrected chi connectivity index (χ0v) is 9.78. The third kappa shape index (κ3) is 1.90. The molecule has 2 aromatic rings. The van der Waals surface area contributed by atoms with Gasteiger partial charge in [0.2, 0.25) is 0 Å². The van der Waals surface area contributed by atoms with Crippen molar-refractivity contribution in [2.75, 3.05) is 0 Å². The second-order valence-electron chi connectivity index (χ2n) is 3.51. The molecule has 0 unspecified atom stereocenters. The molecule has 0 aliphatic heterocycles. The van der Waals surface area contributed by atoms with E-state index in [4.69, 9.17) is 5.11 Å². The largest absolute Gasteiger partial charge is 0.480 e. The van der Waals surface area contributed by atoms with Crippen LogP contribution in [-0.2, 0) is 11.3 Å². The summed E-state index contributed by atoms with van der Waals surface area (Å²) in [5.74, 6) is -0.838. The Balaban J connectivity index is 2.65. The van der Waals surface area contributed by atoms with Crippen LogP contribution in [0.2, 0.25) is 0 Å². The van der Waals surface area contributed by atoms with Crippen LogP contribution in [0.3, 0.4) is 0 Å². The van der Waals surface area contributed by atoms with E-state index in [2.05, 4.69) is 15.9 Å². The molecule has 1 heterocycles. The van der Waals surface area contributed by atoms with Gasteiger partial charge >= 0.3 is 5.97 Å². The van der Waals surface area contributed by atoms with E-state index in [1.807, 2.05) is 31.2 Å². The number of carboxylic acid groups (broad SMARTS) is 1. The highest BCUT2D eigenvalue weighted by molar-refractivity contribution is 9.10.